The number of ether oxygens (including phenoxy) is 3. The van der Waals surface area contributed by atoms with E-state index in [0.717, 1.165) is 12.0 Å². The van der Waals surface area contributed by atoms with Crippen LogP contribution in [0.2, 0.25) is 0 Å². The van der Waals surface area contributed by atoms with E-state index in [1.165, 1.54) is 11.3 Å². The number of thiophene rings is 1. The van der Waals surface area contributed by atoms with E-state index in [0.29, 0.717) is 22.2 Å². The second kappa shape index (κ2) is 9.09. The zero-order valence-electron chi connectivity index (χ0n) is 16.5. The third kappa shape index (κ3) is 4.95. The van der Waals surface area contributed by atoms with Crippen molar-refractivity contribution < 1.29 is 28.6 Å². The molecule has 0 unspecified atom stereocenters. The largest absolute Gasteiger partial charge is 0.497 e. The Bertz CT molecular complexity index is 904. The molecule has 1 fully saturated rings. The van der Waals surface area contributed by atoms with E-state index >= 15 is 0 Å². The molecule has 1 saturated carbocycles. The standard InChI is InChI=1S/C21H23NO6S/c1-4-27-21(25)18-16(13-5-7-14(26-3)8-6-13)11-29-19(18)22-17(23)10-28-20(24)15-9-12(15)2/h5-8,11-12,15H,4,9-10H2,1-3H3,(H,22,23)/t12-,15+/m0/s1. The third-order valence-electron chi connectivity index (χ3n) is 4.68. The van der Waals surface area contributed by atoms with Gasteiger partial charge < -0.3 is 19.5 Å². The number of rotatable bonds is 8. The number of nitrogens with one attached hydrogen (secondary N) is 1. The number of benzene rings is 1. The molecule has 0 aliphatic heterocycles. The molecule has 154 valence electrons. The summed E-state index contributed by atoms with van der Waals surface area (Å²) in [7, 11) is 1.58. The Balaban J connectivity index is 1.76. The Hall–Kier alpha value is -2.87. The van der Waals surface area contributed by atoms with Gasteiger partial charge in [0.15, 0.2) is 6.61 Å². The second-order valence-corrected chi connectivity index (χ2v) is 7.66. The number of methoxy groups -OCH3 is 1. The highest BCUT2D eigenvalue weighted by Gasteiger charge is 2.40. The fourth-order valence-electron chi connectivity index (χ4n) is 2.90. The van der Waals surface area contributed by atoms with Gasteiger partial charge in [0.25, 0.3) is 5.91 Å². The van der Waals surface area contributed by atoms with Crippen molar-refractivity contribution in [2.45, 2.75) is 20.3 Å². The van der Waals surface area contributed by atoms with Gasteiger partial charge in [-0.3, -0.25) is 9.59 Å². The highest BCUT2D eigenvalue weighted by Crippen LogP contribution is 2.39. The smallest absolute Gasteiger partial charge is 0.341 e. The molecule has 0 radical (unpaired) electrons. The van der Waals surface area contributed by atoms with E-state index in [1.807, 2.05) is 19.1 Å². The maximum Gasteiger partial charge on any atom is 0.341 e. The van der Waals surface area contributed by atoms with Crippen molar-refractivity contribution in [2.24, 2.45) is 11.8 Å². The molecule has 1 aromatic carbocycles. The topological polar surface area (TPSA) is 90.9 Å². The molecular formula is C21H23NO6S. The van der Waals surface area contributed by atoms with Gasteiger partial charge in [-0.05, 0) is 37.0 Å². The average Bonchev–Trinajstić information content (AvgIpc) is 3.31. The summed E-state index contributed by atoms with van der Waals surface area (Å²) in [6.07, 6.45) is 0.795. The molecule has 1 aromatic heterocycles. The molecule has 1 N–H and O–H groups in total. The summed E-state index contributed by atoms with van der Waals surface area (Å²) in [4.78, 5) is 36.6. The predicted molar refractivity (Wildman–Crippen MR) is 109 cm³/mol. The van der Waals surface area contributed by atoms with Crippen LogP contribution in [0.4, 0.5) is 5.00 Å². The van der Waals surface area contributed by atoms with Gasteiger partial charge in [-0.1, -0.05) is 19.1 Å². The summed E-state index contributed by atoms with van der Waals surface area (Å²) in [6.45, 7) is 3.50. The molecule has 1 amide bonds. The zero-order valence-corrected chi connectivity index (χ0v) is 17.3. The van der Waals surface area contributed by atoms with Crippen LogP contribution >= 0.6 is 11.3 Å². The first kappa shape index (κ1) is 20.9. The van der Waals surface area contributed by atoms with Crippen molar-refractivity contribution in [1.29, 1.82) is 0 Å². The molecule has 2 atom stereocenters. The van der Waals surface area contributed by atoms with Crippen molar-refractivity contribution >= 4 is 34.2 Å². The van der Waals surface area contributed by atoms with E-state index in [9.17, 15) is 14.4 Å². The SMILES string of the molecule is CCOC(=O)c1c(-c2ccc(OC)cc2)csc1NC(=O)COC(=O)[C@@H]1C[C@@H]1C. The van der Waals surface area contributed by atoms with Gasteiger partial charge >= 0.3 is 11.9 Å². The van der Waals surface area contributed by atoms with Crippen LogP contribution in [0.1, 0.15) is 30.6 Å². The fraction of sp³-hybridized carbons (Fsp3) is 0.381. The average molecular weight is 417 g/mol. The zero-order chi connectivity index (χ0) is 21.0. The minimum Gasteiger partial charge on any atom is -0.497 e. The molecule has 1 heterocycles. The maximum absolute atomic E-state index is 12.5. The van der Waals surface area contributed by atoms with Crippen LogP contribution in [0, 0.1) is 11.8 Å². The first-order valence-electron chi connectivity index (χ1n) is 9.34. The lowest BCUT2D eigenvalue weighted by molar-refractivity contribution is -0.148. The first-order valence-corrected chi connectivity index (χ1v) is 10.2. The summed E-state index contributed by atoms with van der Waals surface area (Å²) in [5.41, 5.74) is 1.72. The maximum atomic E-state index is 12.5. The normalized spacial score (nSPS) is 17.3. The fourth-order valence-corrected chi connectivity index (χ4v) is 3.87. The van der Waals surface area contributed by atoms with Gasteiger partial charge in [-0.25, -0.2) is 4.79 Å². The molecule has 0 bridgehead atoms. The predicted octanol–water partition coefficient (Wildman–Crippen LogP) is 3.74. The minimum absolute atomic E-state index is 0.110. The molecule has 2 aromatic rings. The third-order valence-corrected chi connectivity index (χ3v) is 5.58. The van der Waals surface area contributed by atoms with Crippen LogP contribution in [0.5, 0.6) is 5.75 Å². The number of esters is 2. The van der Waals surface area contributed by atoms with Crippen LogP contribution in [0.15, 0.2) is 29.6 Å². The Labute approximate surface area is 173 Å². The number of hydrogen-bond donors (Lipinski definition) is 1. The van der Waals surface area contributed by atoms with Gasteiger partial charge in [0.1, 0.15) is 16.3 Å². The molecular weight excluding hydrogens is 394 g/mol. The Kier molecular flexibility index (Phi) is 6.53. The van der Waals surface area contributed by atoms with Gasteiger partial charge in [-0.15, -0.1) is 11.3 Å². The molecule has 1 aliphatic rings. The lowest BCUT2D eigenvalue weighted by Crippen LogP contribution is -2.22. The van der Waals surface area contributed by atoms with Crippen LogP contribution in [0.3, 0.4) is 0 Å². The van der Waals surface area contributed by atoms with Gasteiger partial charge in [0.2, 0.25) is 0 Å². The number of hydrogen-bond acceptors (Lipinski definition) is 7. The van der Waals surface area contributed by atoms with Gasteiger partial charge in [0.05, 0.1) is 19.6 Å². The van der Waals surface area contributed by atoms with E-state index < -0.39 is 11.9 Å². The first-order chi connectivity index (χ1) is 13.9. The van der Waals surface area contributed by atoms with Crippen molar-refractivity contribution in [3.8, 4) is 16.9 Å². The number of amides is 1. The highest BCUT2D eigenvalue weighted by atomic mass is 32.1. The number of anilines is 1. The number of carbonyl (C=O) groups excluding carboxylic acids is 3. The lowest BCUT2D eigenvalue weighted by atomic mass is 10.0. The molecule has 3 rings (SSSR count). The van der Waals surface area contributed by atoms with E-state index in [4.69, 9.17) is 14.2 Å². The molecule has 7 nitrogen and oxygen atoms in total. The summed E-state index contributed by atoms with van der Waals surface area (Å²) < 4.78 is 15.4. The monoisotopic (exact) mass is 417 g/mol. The number of carbonyl (C=O) groups is 3. The molecule has 8 heteroatoms. The summed E-state index contributed by atoms with van der Waals surface area (Å²) in [5, 5.41) is 4.80. The Morgan fingerprint density at radius 1 is 1.17 bits per heavy atom. The van der Waals surface area contributed by atoms with Crippen molar-refractivity contribution in [3.63, 3.8) is 0 Å². The highest BCUT2D eigenvalue weighted by molar-refractivity contribution is 7.15. The van der Waals surface area contributed by atoms with Gasteiger partial charge in [-0.2, -0.15) is 0 Å². The van der Waals surface area contributed by atoms with Crippen LogP contribution in [0.25, 0.3) is 11.1 Å². The van der Waals surface area contributed by atoms with E-state index in [2.05, 4.69) is 5.32 Å². The van der Waals surface area contributed by atoms with Crippen molar-refractivity contribution in [3.05, 3.63) is 35.2 Å². The van der Waals surface area contributed by atoms with Crippen molar-refractivity contribution in [1.82, 2.24) is 0 Å². The Morgan fingerprint density at radius 3 is 2.45 bits per heavy atom. The second-order valence-electron chi connectivity index (χ2n) is 6.78. The summed E-state index contributed by atoms with van der Waals surface area (Å²) in [5.74, 6) is -0.490. The molecule has 0 saturated heterocycles. The van der Waals surface area contributed by atoms with Crippen LogP contribution < -0.4 is 10.1 Å². The Morgan fingerprint density at radius 2 is 1.86 bits per heavy atom. The molecule has 1 aliphatic carbocycles. The van der Waals surface area contributed by atoms with Gasteiger partial charge in [0, 0.05) is 10.9 Å². The van der Waals surface area contributed by atoms with Crippen molar-refractivity contribution in [2.75, 3.05) is 25.6 Å². The van der Waals surface area contributed by atoms with E-state index in [-0.39, 0.29) is 30.7 Å². The summed E-state index contributed by atoms with van der Waals surface area (Å²) >= 11 is 1.21. The van der Waals surface area contributed by atoms with E-state index in [1.54, 1.807) is 31.5 Å². The minimum atomic E-state index is -0.529. The lowest BCUT2D eigenvalue weighted by Gasteiger charge is -2.09. The molecule has 29 heavy (non-hydrogen) atoms. The molecule has 0 spiro atoms. The van der Waals surface area contributed by atoms with Crippen LogP contribution in [-0.2, 0) is 19.1 Å². The van der Waals surface area contributed by atoms with Crippen LogP contribution in [-0.4, -0.2) is 38.2 Å². The summed E-state index contributed by atoms with van der Waals surface area (Å²) in [6, 6.07) is 7.23. The quantitative estimate of drug-likeness (QED) is 0.658.